The van der Waals surface area contributed by atoms with E-state index in [-0.39, 0.29) is 10.8 Å². The summed E-state index contributed by atoms with van der Waals surface area (Å²) in [5.74, 6) is -0.190. The van der Waals surface area contributed by atoms with Gasteiger partial charge in [-0.15, -0.1) is 11.3 Å². The van der Waals surface area contributed by atoms with Gasteiger partial charge >= 0.3 is 0 Å². The van der Waals surface area contributed by atoms with Crippen molar-refractivity contribution < 1.29 is 13.2 Å². The Balaban J connectivity index is 1.84. The molecule has 0 atom stereocenters. The Kier molecular flexibility index (Phi) is 5.58. The minimum atomic E-state index is -3.67. The van der Waals surface area contributed by atoms with Crippen molar-refractivity contribution in [1.82, 2.24) is 4.98 Å². The number of halogens is 1. The Morgan fingerprint density at radius 1 is 1.15 bits per heavy atom. The number of hydrogen-bond acceptors (Lipinski definition) is 5. The smallest absolute Gasteiger partial charge is 0.261 e. The molecule has 0 saturated carbocycles. The van der Waals surface area contributed by atoms with Crippen LogP contribution in [0.25, 0.3) is 11.3 Å². The number of thiazole rings is 1. The quantitative estimate of drug-likeness (QED) is 0.516. The van der Waals surface area contributed by atoms with E-state index in [0.717, 1.165) is 9.13 Å². The second-order valence-electron chi connectivity index (χ2n) is 5.36. The third-order valence-electron chi connectivity index (χ3n) is 3.32. The molecule has 2 N–H and O–H groups in total. The molecule has 1 amide bonds. The van der Waals surface area contributed by atoms with Gasteiger partial charge in [-0.05, 0) is 59.0 Å². The van der Waals surface area contributed by atoms with E-state index in [4.69, 9.17) is 0 Å². The molecule has 0 aliphatic heterocycles. The molecule has 0 aliphatic carbocycles. The van der Waals surface area contributed by atoms with Crippen LogP contribution >= 0.6 is 33.9 Å². The number of carbonyl (C=O) groups is 1. The van der Waals surface area contributed by atoms with E-state index in [1.54, 1.807) is 47.8 Å². The minimum absolute atomic E-state index is 0.190. The van der Waals surface area contributed by atoms with Crippen LogP contribution < -0.4 is 10.0 Å². The zero-order valence-corrected chi connectivity index (χ0v) is 17.4. The van der Waals surface area contributed by atoms with Gasteiger partial charge < -0.3 is 5.32 Å². The maximum absolute atomic E-state index is 12.5. The number of nitrogens with zero attached hydrogens (tertiary/aromatic N) is 1. The molecule has 1 aromatic heterocycles. The van der Waals surface area contributed by atoms with Crippen LogP contribution in [-0.2, 0) is 14.8 Å². The zero-order valence-electron chi connectivity index (χ0n) is 13.6. The van der Waals surface area contributed by atoms with Crippen LogP contribution in [0, 0.1) is 3.57 Å². The van der Waals surface area contributed by atoms with Crippen molar-refractivity contribution >= 4 is 60.7 Å². The Hall–Kier alpha value is -1.98. The Morgan fingerprint density at radius 3 is 2.58 bits per heavy atom. The van der Waals surface area contributed by atoms with Crippen LogP contribution in [0.5, 0.6) is 0 Å². The summed E-state index contributed by atoms with van der Waals surface area (Å²) in [6.45, 7) is 1.42. The molecule has 0 fully saturated rings. The lowest BCUT2D eigenvalue weighted by atomic mass is 10.1. The van der Waals surface area contributed by atoms with Gasteiger partial charge in [0.1, 0.15) is 0 Å². The van der Waals surface area contributed by atoms with Crippen molar-refractivity contribution in [3.8, 4) is 11.3 Å². The number of anilines is 2. The largest absolute Gasteiger partial charge is 0.302 e. The van der Waals surface area contributed by atoms with Gasteiger partial charge in [0.2, 0.25) is 5.91 Å². The second-order valence-corrected chi connectivity index (χ2v) is 9.15. The number of carbonyl (C=O) groups excluding carboxylic acids is 1. The molecular weight excluding hydrogens is 485 g/mol. The number of sulfonamides is 1. The first-order chi connectivity index (χ1) is 12.3. The van der Waals surface area contributed by atoms with Gasteiger partial charge in [0.15, 0.2) is 5.13 Å². The van der Waals surface area contributed by atoms with Crippen LogP contribution in [0.3, 0.4) is 0 Å². The lowest BCUT2D eigenvalue weighted by molar-refractivity contribution is -0.114. The maximum Gasteiger partial charge on any atom is 0.261 e. The van der Waals surface area contributed by atoms with E-state index in [1.807, 2.05) is 6.07 Å². The molecule has 1 heterocycles. The third-order valence-corrected chi connectivity index (χ3v) is 6.20. The first-order valence-corrected chi connectivity index (χ1v) is 10.9. The molecule has 134 valence electrons. The number of rotatable bonds is 5. The first-order valence-electron chi connectivity index (χ1n) is 7.45. The highest BCUT2D eigenvalue weighted by atomic mass is 127. The van der Waals surface area contributed by atoms with Gasteiger partial charge in [-0.3, -0.25) is 9.52 Å². The molecule has 0 radical (unpaired) electrons. The number of amides is 1. The van der Waals surface area contributed by atoms with E-state index in [0.29, 0.717) is 16.5 Å². The van der Waals surface area contributed by atoms with Crippen molar-refractivity contribution in [3.63, 3.8) is 0 Å². The molecule has 26 heavy (non-hydrogen) atoms. The number of hydrogen-bond donors (Lipinski definition) is 2. The molecule has 0 bridgehead atoms. The molecule has 0 aliphatic rings. The average Bonchev–Trinajstić information content (AvgIpc) is 3.03. The monoisotopic (exact) mass is 499 g/mol. The van der Waals surface area contributed by atoms with Gasteiger partial charge in [0.25, 0.3) is 10.0 Å². The van der Waals surface area contributed by atoms with Crippen molar-refractivity contribution in [2.45, 2.75) is 11.8 Å². The number of nitrogens with one attached hydrogen (secondary N) is 2. The Labute approximate surface area is 168 Å². The van der Waals surface area contributed by atoms with E-state index in [2.05, 4.69) is 37.6 Å². The fourth-order valence-corrected chi connectivity index (χ4v) is 4.36. The zero-order chi connectivity index (χ0) is 18.7. The van der Waals surface area contributed by atoms with Crippen molar-refractivity contribution in [2.24, 2.45) is 0 Å². The van der Waals surface area contributed by atoms with Crippen LogP contribution in [-0.4, -0.2) is 19.3 Å². The summed E-state index contributed by atoms with van der Waals surface area (Å²) < 4.78 is 28.6. The van der Waals surface area contributed by atoms with Gasteiger partial charge in [-0.25, -0.2) is 13.4 Å². The molecule has 0 unspecified atom stereocenters. The molecule has 3 aromatic rings. The third kappa shape index (κ3) is 4.59. The summed E-state index contributed by atoms with van der Waals surface area (Å²) in [5.41, 5.74) is 1.85. The van der Waals surface area contributed by atoms with Crippen LogP contribution in [0.4, 0.5) is 10.8 Å². The highest BCUT2D eigenvalue weighted by Crippen LogP contribution is 2.27. The summed E-state index contributed by atoms with van der Waals surface area (Å²) in [7, 11) is -3.67. The standard InChI is InChI=1S/C17H14IN3O3S2/c1-11(22)19-17-20-16(10-25-17)12-3-2-4-14(9-12)21-26(23,24)15-7-5-13(18)6-8-15/h2-10,21H,1H3,(H,19,20,22). The molecule has 0 saturated heterocycles. The predicted molar refractivity (Wildman–Crippen MR) is 112 cm³/mol. The number of benzene rings is 2. The second kappa shape index (κ2) is 7.72. The van der Waals surface area contributed by atoms with Crippen LogP contribution in [0.2, 0.25) is 0 Å². The molecule has 3 rings (SSSR count). The highest BCUT2D eigenvalue weighted by Gasteiger charge is 2.14. The van der Waals surface area contributed by atoms with Gasteiger partial charge in [0, 0.05) is 27.1 Å². The molecule has 9 heteroatoms. The predicted octanol–water partition coefficient (Wildman–Crippen LogP) is 4.17. The molecule has 0 spiro atoms. The topological polar surface area (TPSA) is 88.2 Å². The Bertz CT molecular complexity index is 1050. The summed E-state index contributed by atoms with van der Waals surface area (Å²) in [6, 6.07) is 13.6. The molecule has 6 nitrogen and oxygen atoms in total. The average molecular weight is 499 g/mol. The fourth-order valence-electron chi connectivity index (χ4n) is 2.18. The maximum atomic E-state index is 12.5. The summed E-state index contributed by atoms with van der Waals surface area (Å²) in [6.07, 6.45) is 0. The van der Waals surface area contributed by atoms with Crippen LogP contribution in [0.1, 0.15) is 6.92 Å². The van der Waals surface area contributed by atoms with E-state index >= 15 is 0 Å². The van der Waals surface area contributed by atoms with Gasteiger partial charge in [-0.1, -0.05) is 12.1 Å². The normalized spacial score (nSPS) is 11.2. The molecule has 2 aromatic carbocycles. The van der Waals surface area contributed by atoms with Crippen molar-refractivity contribution in [1.29, 1.82) is 0 Å². The Morgan fingerprint density at radius 2 is 1.88 bits per heavy atom. The van der Waals surface area contributed by atoms with E-state index in [9.17, 15) is 13.2 Å². The highest BCUT2D eigenvalue weighted by molar-refractivity contribution is 14.1. The molecular formula is C17H14IN3O3S2. The SMILES string of the molecule is CC(=O)Nc1nc(-c2cccc(NS(=O)(=O)c3ccc(I)cc3)c2)cs1. The van der Waals surface area contributed by atoms with E-state index in [1.165, 1.54) is 18.3 Å². The minimum Gasteiger partial charge on any atom is -0.302 e. The van der Waals surface area contributed by atoms with Crippen molar-refractivity contribution in [2.75, 3.05) is 10.0 Å². The first kappa shape index (κ1) is 18.8. The summed E-state index contributed by atoms with van der Waals surface area (Å²) >= 11 is 3.43. The van der Waals surface area contributed by atoms with Crippen LogP contribution in [0.15, 0.2) is 58.8 Å². The summed E-state index contributed by atoms with van der Waals surface area (Å²) in [4.78, 5) is 15.6. The summed E-state index contributed by atoms with van der Waals surface area (Å²) in [5, 5.41) is 4.93. The van der Waals surface area contributed by atoms with Gasteiger partial charge in [-0.2, -0.15) is 0 Å². The van der Waals surface area contributed by atoms with E-state index < -0.39 is 10.0 Å². The van der Waals surface area contributed by atoms with Crippen molar-refractivity contribution in [3.05, 3.63) is 57.5 Å². The lowest BCUT2D eigenvalue weighted by Gasteiger charge is -2.09. The van der Waals surface area contributed by atoms with Gasteiger partial charge in [0.05, 0.1) is 10.6 Å². The lowest BCUT2D eigenvalue weighted by Crippen LogP contribution is -2.12. The fraction of sp³-hybridized carbons (Fsp3) is 0.0588. The number of aromatic nitrogens is 1.